The van der Waals surface area contributed by atoms with E-state index in [0.717, 1.165) is 13.0 Å². The molecule has 0 aliphatic heterocycles. The second-order valence-corrected chi connectivity index (χ2v) is 3.77. The number of hydrogen-bond donors (Lipinski definition) is 3. The van der Waals surface area contributed by atoms with Gasteiger partial charge in [-0.05, 0) is 25.8 Å². The zero-order chi connectivity index (χ0) is 13.1. The second-order valence-electron chi connectivity index (χ2n) is 3.77. The lowest BCUT2D eigenvalue weighted by atomic mass is 10.1. The minimum absolute atomic E-state index is 0.155. The van der Waals surface area contributed by atoms with Crippen LogP contribution in [0.5, 0.6) is 0 Å². The molecule has 0 spiro atoms. The molecule has 0 saturated carbocycles. The Bertz CT molecular complexity index is 234. The van der Waals surface area contributed by atoms with Gasteiger partial charge in [-0.1, -0.05) is 6.92 Å². The molecule has 0 rings (SSSR count). The van der Waals surface area contributed by atoms with Crippen LogP contribution in [0, 0.1) is 0 Å². The third-order valence-corrected chi connectivity index (χ3v) is 2.19. The molecule has 0 aromatic rings. The molecule has 6 heteroatoms. The van der Waals surface area contributed by atoms with Gasteiger partial charge in [-0.15, -0.1) is 0 Å². The largest absolute Gasteiger partial charge is 0.480 e. The van der Waals surface area contributed by atoms with Crippen LogP contribution in [0.2, 0.25) is 0 Å². The SMILES string of the molecule is CCCNCC(=O)NC(CCCOC)C(=O)O. The van der Waals surface area contributed by atoms with Gasteiger partial charge in [-0.2, -0.15) is 0 Å². The highest BCUT2D eigenvalue weighted by Crippen LogP contribution is 1.98. The summed E-state index contributed by atoms with van der Waals surface area (Å²) in [5.74, 6) is -1.30. The van der Waals surface area contributed by atoms with Crippen LogP contribution in [-0.4, -0.2) is 49.8 Å². The Hall–Kier alpha value is -1.14. The Morgan fingerprint density at radius 3 is 2.65 bits per heavy atom. The summed E-state index contributed by atoms with van der Waals surface area (Å²) in [4.78, 5) is 22.3. The van der Waals surface area contributed by atoms with Crippen LogP contribution in [0.25, 0.3) is 0 Å². The van der Waals surface area contributed by atoms with E-state index in [1.165, 1.54) is 0 Å². The summed E-state index contributed by atoms with van der Waals surface area (Å²) in [6, 6.07) is -0.832. The molecular weight excluding hydrogens is 224 g/mol. The molecule has 0 aliphatic carbocycles. The summed E-state index contributed by atoms with van der Waals surface area (Å²) in [6.45, 7) is 3.39. The molecule has 0 aromatic heterocycles. The lowest BCUT2D eigenvalue weighted by Crippen LogP contribution is -2.44. The number of ether oxygens (including phenoxy) is 1. The summed E-state index contributed by atoms with van der Waals surface area (Å²) >= 11 is 0. The van der Waals surface area contributed by atoms with E-state index in [-0.39, 0.29) is 12.5 Å². The van der Waals surface area contributed by atoms with Crippen LogP contribution in [0.1, 0.15) is 26.2 Å². The Morgan fingerprint density at radius 1 is 1.41 bits per heavy atom. The van der Waals surface area contributed by atoms with Crippen molar-refractivity contribution in [3.63, 3.8) is 0 Å². The van der Waals surface area contributed by atoms with Crippen LogP contribution < -0.4 is 10.6 Å². The number of carbonyl (C=O) groups is 2. The van der Waals surface area contributed by atoms with Gasteiger partial charge < -0.3 is 20.5 Å². The lowest BCUT2D eigenvalue weighted by Gasteiger charge is -2.14. The highest BCUT2D eigenvalue weighted by molar-refractivity contribution is 5.84. The van der Waals surface area contributed by atoms with E-state index in [4.69, 9.17) is 9.84 Å². The second kappa shape index (κ2) is 10.0. The summed E-state index contributed by atoms with van der Waals surface area (Å²) in [6.07, 6.45) is 1.92. The van der Waals surface area contributed by atoms with Crippen LogP contribution in [0.15, 0.2) is 0 Å². The molecule has 0 fully saturated rings. The molecule has 0 saturated heterocycles. The zero-order valence-electron chi connectivity index (χ0n) is 10.5. The Balaban J connectivity index is 3.89. The predicted octanol–water partition coefficient (Wildman–Crippen LogP) is -0.0180. The highest BCUT2D eigenvalue weighted by atomic mass is 16.5. The summed E-state index contributed by atoms with van der Waals surface area (Å²) in [5.41, 5.74) is 0. The lowest BCUT2D eigenvalue weighted by molar-refractivity contribution is -0.142. The number of methoxy groups -OCH3 is 1. The van der Waals surface area contributed by atoms with Gasteiger partial charge >= 0.3 is 5.97 Å². The molecule has 3 N–H and O–H groups in total. The summed E-state index contributed by atoms with van der Waals surface area (Å²) in [5, 5.41) is 14.3. The van der Waals surface area contributed by atoms with Crippen molar-refractivity contribution in [1.29, 1.82) is 0 Å². The van der Waals surface area contributed by atoms with E-state index in [0.29, 0.717) is 19.4 Å². The fourth-order valence-corrected chi connectivity index (χ4v) is 1.31. The van der Waals surface area contributed by atoms with E-state index in [9.17, 15) is 9.59 Å². The number of nitrogens with one attached hydrogen (secondary N) is 2. The number of carboxylic acid groups (broad SMARTS) is 1. The van der Waals surface area contributed by atoms with Crippen molar-refractivity contribution in [3.8, 4) is 0 Å². The van der Waals surface area contributed by atoms with Crippen molar-refractivity contribution in [3.05, 3.63) is 0 Å². The molecule has 1 amide bonds. The maximum Gasteiger partial charge on any atom is 0.326 e. The Morgan fingerprint density at radius 2 is 2.12 bits per heavy atom. The van der Waals surface area contributed by atoms with E-state index >= 15 is 0 Å². The molecule has 100 valence electrons. The minimum atomic E-state index is -1.01. The van der Waals surface area contributed by atoms with E-state index in [1.807, 2.05) is 6.92 Å². The third-order valence-electron chi connectivity index (χ3n) is 2.19. The average molecular weight is 246 g/mol. The number of hydrogen-bond acceptors (Lipinski definition) is 4. The van der Waals surface area contributed by atoms with Gasteiger partial charge in [-0.3, -0.25) is 4.79 Å². The molecule has 1 unspecified atom stereocenters. The quantitative estimate of drug-likeness (QED) is 0.472. The average Bonchev–Trinajstić information content (AvgIpc) is 2.28. The van der Waals surface area contributed by atoms with Gasteiger partial charge in [0.05, 0.1) is 6.54 Å². The van der Waals surface area contributed by atoms with Crippen molar-refractivity contribution in [2.24, 2.45) is 0 Å². The van der Waals surface area contributed by atoms with E-state index in [1.54, 1.807) is 7.11 Å². The number of amides is 1. The van der Waals surface area contributed by atoms with Gasteiger partial charge in [-0.25, -0.2) is 4.79 Å². The first kappa shape index (κ1) is 15.9. The minimum Gasteiger partial charge on any atom is -0.480 e. The standard InChI is InChI=1S/C11H22N2O4/c1-3-6-12-8-10(14)13-9(11(15)16)5-4-7-17-2/h9,12H,3-8H2,1-2H3,(H,13,14)(H,15,16). The number of aliphatic carboxylic acids is 1. The van der Waals surface area contributed by atoms with Gasteiger partial charge in [0.2, 0.25) is 5.91 Å². The third kappa shape index (κ3) is 8.65. The van der Waals surface area contributed by atoms with Crippen molar-refractivity contribution >= 4 is 11.9 Å². The van der Waals surface area contributed by atoms with Gasteiger partial charge in [0, 0.05) is 13.7 Å². The van der Waals surface area contributed by atoms with Gasteiger partial charge in [0.15, 0.2) is 0 Å². The predicted molar refractivity (Wildman–Crippen MR) is 63.8 cm³/mol. The maximum atomic E-state index is 11.4. The van der Waals surface area contributed by atoms with Crippen LogP contribution in [0.4, 0.5) is 0 Å². The summed E-state index contributed by atoms with van der Waals surface area (Å²) < 4.78 is 4.84. The highest BCUT2D eigenvalue weighted by Gasteiger charge is 2.18. The molecule has 0 radical (unpaired) electrons. The first-order valence-corrected chi connectivity index (χ1v) is 5.83. The molecule has 0 aromatic carbocycles. The number of carboxylic acids is 1. The molecular formula is C11H22N2O4. The Kier molecular flexibility index (Phi) is 9.37. The van der Waals surface area contributed by atoms with Crippen LogP contribution >= 0.6 is 0 Å². The van der Waals surface area contributed by atoms with Gasteiger partial charge in [0.25, 0.3) is 0 Å². The van der Waals surface area contributed by atoms with Crippen molar-refractivity contribution in [2.45, 2.75) is 32.2 Å². The summed E-state index contributed by atoms with van der Waals surface area (Å²) in [7, 11) is 1.56. The normalized spacial score (nSPS) is 12.1. The Labute approximate surface area is 102 Å². The smallest absolute Gasteiger partial charge is 0.326 e. The van der Waals surface area contributed by atoms with Gasteiger partial charge in [0.1, 0.15) is 6.04 Å². The fourth-order valence-electron chi connectivity index (χ4n) is 1.31. The maximum absolute atomic E-state index is 11.4. The number of carbonyl (C=O) groups excluding carboxylic acids is 1. The fraction of sp³-hybridized carbons (Fsp3) is 0.818. The molecule has 0 heterocycles. The van der Waals surface area contributed by atoms with E-state index in [2.05, 4.69) is 10.6 Å². The van der Waals surface area contributed by atoms with Crippen molar-refractivity contribution < 1.29 is 19.4 Å². The van der Waals surface area contributed by atoms with Crippen LogP contribution in [0.3, 0.4) is 0 Å². The van der Waals surface area contributed by atoms with Crippen LogP contribution in [-0.2, 0) is 14.3 Å². The molecule has 17 heavy (non-hydrogen) atoms. The number of rotatable bonds is 10. The molecule has 1 atom stereocenters. The first-order valence-electron chi connectivity index (χ1n) is 5.83. The van der Waals surface area contributed by atoms with Crippen molar-refractivity contribution in [1.82, 2.24) is 10.6 Å². The molecule has 6 nitrogen and oxygen atoms in total. The molecule has 0 bridgehead atoms. The van der Waals surface area contributed by atoms with Crippen molar-refractivity contribution in [2.75, 3.05) is 26.8 Å². The monoisotopic (exact) mass is 246 g/mol. The zero-order valence-corrected chi connectivity index (χ0v) is 10.5. The van der Waals surface area contributed by atoms with E-state index < -0.39 is 12.0 Å². The topological polar surface area (TPSA) is 87.7 Å². The molecule has 0 aliphatic rings. The first-order chi connectivity index (χ1) is 8.11.